The first kappa shape index (κ1) is 13.5. The van der Waals surface area contributed by atoms with Gasteiger partial charge in [0.15, 0.2) is 5.82 Å². The second kappa shape index (κ2) is 4.63. The second-order valence-corrected chi connectivity index (χ2v) is 4.94. The summed E-state index contributed by atoms with van der Waals surface area (Å²) in [6.45, 7) is 3.31. The first-order valence-corrected chi connectivity index (χ1v) is 5.85. The molecule has 1 aliphatic heterocycles. The smallest absolute Gasteiger partial charge is 0.251 e. The molecule has 0 aliphatic carbocycles. The SMILES string of the molecule is CC1(C)C(=O)NC(=O)CN1c1nc(NN)ncc1Cl. The van der Waals surface area contributed by atoms with Gasteiger partial charge in [0.25, 0.3) is 5.91 Å². The van der Waals surface area contributed by atoms with E-state index >= 15 is 0 Å². The molecule has 2 heterocycles. The van der Waals surface area contributed by atoms with Crippen molar-refractivity contribution in [2.45, 2.75) is 19.4 Å². The normalized spacial score (nSPS) is 18.2. The molecule has 8 nitrogen and oxygen atoms in total. The van der Waals surface area contributed by atoms with E-state index in [1.165, 1.54) is 11.1 Å². The van der Waals surface area contributed by atoms with Crippen LogP contribution in [0.1, 0.15) is 13.8 Å². The van der Waals surface area contributed by atoms with Crippen molar-refractivity contribution in [2.75, 3.05) is 16.9 Å². The Morgan fingerprint density at radius 2 is 2.21 bits per heavy atom. The van der Waals surface area contributed by atoms with Gasteiger partial charge in [-0.05, 0) is 13.8 Å². The number of halogens is 1. The number of rotatable bonds is 2. The molecular formula is C10H13ClN6O2. The molecule has 102 valence electrons. The van der Waals surface area contributed by atoms with Crippen LogP contribution in [0.5, 0.6) is 0 Å². The van der Waals surface area contributed by atoms with Crippen molar-refractivity contribution < 1.29 is 9.59 Å². The Balaban J connectivity index is 2.49. The number of hydrazine groups is 1. The third-order valence-electron chi connectivity index (χ3n) is 2.90. The highest BCUT2D eigenvalue weighted by atomic mass is 35.5. The number of piperazine rings is 1. The molecule has 0 bridgehead atoms. The molecule has 0 aromatic carbocycles. The zero-order valence-electron chi connectivity index (χ0n) is 10.4. The number of anilines is 2. The van der Waals surface area contributed by atoms with E-state index < -0.39 is 17.4 Å². The largest absolute Gasteiger partial charge is 0.332 e. The number of hydrogen-bond acceptors (Lipinski definition) is 7. The quantitative estimate of drug-likeness (QED) is 0.387. The maximum atomic E-state index is 11.9. The van der Waals surface area contributed by atoms with Crippen LogP contribution in [-0.2, 0) is 9.59 Å². The topological polar surface area (TPSA) is 113 Å². The van der Waals surface area contributed by atoms with Crippen LogP contribution in [0.2, 0.25) is 5.02 Å². The van der Waals surface area contributed by atoms with Crippen LogP contribution in [0, 0.1) is 0 Å². The second-order valence-electron chi connectivity index (χ2n) is 4.53. The number of hydrogen-bond donors (Lipinski definition) is 3. The lowest BCUT2D eigenvalue weighted by atomic mass is 9.99. The highest BCUT2D eigenvalue weighted by Gasteiger charge is 2.42. The Kier molecular flexibility index (Phi) is 3.29. The number of imide groups is 1. The number of nitrogens with two attached hydrogens (primary N) is 1. The van der Waals surface area contributed by atoms with Gasteiger partial charge in [0.05, 0.1) is 12.7 Å². The fourth-order valence-electron chi connectivity index (χ4n) is 1.74. The summed E-state index contributed by atoms with van der Waals surface area (Å²) in [5, 5.41) is 2.50. The van der Waals surface area contributed by atoms with Gasteiger partial charge in [-0.3, -0.25) is 20.3 Å². The van der Waals surface area contributed by atoms with Gasteiger partial charge in [-0.15, -0.1) is 0 Å². The van der Waals surface area contributed by atoms with Crippen LogP contribution in [0.4, 0.5) is 11.8 Å². The average molecular weight is 285 g/mol. The van der Waals surface area contributed by atoms with Crippen LogP contribution >= 0.6 is 11.6 Å². The first-order valence-electron chi connectivity index (χ1n) is 5.47. The Bertz CT molecular complexity index is 547. The van der Waals surface area contributed by atoms with E-state index in [4.69, 9.17) is 17.4 Å². The standard InChI is InChI=1S/C10H13ClN6O2/c1-10(2)8(19)14-6(18)4-17(10)7-5(11)3-13-9(15-7)16-12/h3H,4,12H2,1-2H3,(H,13,15,16)(H,14,18,19). The van der Waals surface area contributed by atoms with Crippen molar-refractivity contribution in [2.24, 2.45) is 5.84 Å². The van der Waals surface area contributed by atoms with E-state index in [1.54, 1.807) is 13.8 Å². The number of carbonyl (C=O) groups excluding carboxylic acids is 2. The third kappa shape index (κ3) is 2.32. The van der Waals surface area contributed by atoms with Gasteiger partial charge in [0.2, 0.25) is 11.9 Å². The lowest BCUT2D eigenvalue weighted by Crippen LogP contribution is -2.64. The highest BCUT2D eigenvalue weighted by Crippen LogP contribution is 2.30. The number of nitrogens with one attached hydrogen (secondary N) is 2. The van der Waals surface area contributed by atoms with Crippen LogP contribution < -0.4 is 21.5 Å². The minimum Gasteiger partial charge on any atom is -0.332 e. The fourth-order valence-corrected chi connectivity index (χ4v) is 1.93. The molecule has 0 saturated carbocycles. The minimum absolute atomic E-state index is 0.0283. The van der Waals surface area contributed by atoms with Gasteiger partial charge >= 0.3 is 0 Å². The summed E-state index contributed by atoms with van der Waals surface area (Å²) in [7, 11) is 0. The molecule has 19 heavy (non-hydrogen) atoms. The molecule has 0 atom stereocenters. The Hall–Kier alpha value is -1.93. The van der Waals surface area contributed by atoms with Crippen LogP contribution in [-0.4, -0.2) is 33.9 Å². The Morgan fingerprint density at radius 1 is 1.53 bits per heavy atom. The van der Waals surface area contributed by atoms with Crippen molar-refractivity contribution in [1.82, 2.24) is 15.3 Å². The predicted molar refractivity (Wildman–Crippen MR) is 69.4 cm³/mol. The molecule has 2 amide bonds. The van der Waals surface area contributed by atoms with Gasteiger partial charge in [-0.25, -0.2) is 10.8 Å². The monoisotopic (exact) mass is 284 g/mol. The minimum atomic E-state index is -0.961. The van der Waals surface area contributed by atoms with Gasteiger partial charge in [0.1, 0.15) is 10.6 Å². The predicted octanol–water partition coefficient (Wildman–Crippen LogP) is -0.343. The number of nitrogen functional groups attached to an aromatic ring is 1. The van der Waals surface area contributed by atoms with Crippen molar-refractivity contribution in [3.63, 3.8) is 0 Å². The molecule has 1 fully saturated rings. The fraction of sp³-hybridized carbons (Fsp3) is 0.400. The molecule has 1 aliphatic rings. The molecule has 2 rings (SSSR count). The van der Waals surface area contributed by atoms with E-state index in [-0.39, 0.29) is 23.3 Å². The van der Waals surface area contributed by atoms with Gasteiger partial charge in [-0.1, -0.05) is 11.6 Å². The van der Waals surface area contributed by atoms with Crippen LogP contribution in [0.15, 0.2) is 6.20 Å². The van der Waals surface area contributed by atoms with Gasteiger partial charge in [0, 0.05) is 0 Å². The summed E-state index contributed by atoms with van der Waals surface area (Å²) in [4.78, 5) is 32.8. The molecule has 1 aromatic rings. The third-order valence-corrected chi connectivity index (χ3v) is 3.16. The van der Waals surface area contributed by atoms with Crippen molar-refractivity contribution >= 4 is 35.2 Å². The number of nitrogens with zero attached hydrogens (tertiary/aromatic N) is 3. The van der Waals surface area contributed by atoms with E-state index in [2.05, 4.69) is 20.7 Å². The molecule has 0 spiro atoms. The maximum absolute atomic E-state index is 11.9. The highest BCUT2D eigenvalue weighted by molar-refractivity contribution is 6.33. The van der Waals surface area contributed by atoms with Crippen LogP contribution in [0.25, 0.3) is 0 Å². The number of carbonyl (C=O) groups is 2. The summed E-state index contributed by atoms with van der Waals surface area (Å²) >= 11 is 6.03. The molecule has 4 N–H and O–H groups in total. The Morgan fingerprint density at radius 3 is 2.84 bits per heavy atom. The summed E-state index contributed by atoms with van der Waals surface area (Å²) < 4.78 is 0. The van der Waals surface area contributed by atoms with E-state index in [0.717, 1.165) is 0 Å². The molecule has 1 saturated heterocycles. The molecular weight excluding hydrogens is 272 g/mol. The average Bonchev–Trinajstić information content (AvgIpc) is 2.35. The van der Waals surface area contributed by atoms with Gasteiger partial charge in [-0.2, -0.15) is 4.98 Å². The molecule has 9 heteroatoms. The zero-order chi connectivity index (χ0) is 14.2. The summed E-state index contributed by atoms with van der Waals surface area (Å²) in [6, 6.07) is 0. The van der Waals surface area contributed by atoms with Crippen molar-refractivity contribution in [3.05, 3.63) is 11.2 Å². The first-order chi connectivity index (χ1) is 8.86. The number of amides is 2. The molecule has 0 unspecified atom stereocenters. The van der Waals surface area contributed by atoms with E-state index in [0.29, 0.717) is 0 Å². The van der Waals surface area contributed by atoms with E-state index in [9.17, 15) is 9.59 Å². The molecule has 0 radical (unpaired) electrons. The van der Waals surface area contributed by atoms with Gasteiger partial charge < -0.3 is 4.90 Å². The lowest BCUT2D eigenvalue weighted by molar-refractivity contribution is -0.135. The maximum Gasteiger partial charge on any atom is 0.251 e. The Labute approximate surface area is 114 Å². The van der Waals surface area contributed by atoms with Crippen molar-refractivity contribution in [1.29, 1.82) is 0 Å². The number of aromatic nitrogens is 2. The summed E-state index contributed by atoms with van der Waals surface area (Å²) in [5.41, 5.74) is 1.33. The lowest BCUT2D eigenvalue weighted by Gasteiger charge is -2.41. The van der Waals surface area contributed by atoms with Crippen LogP contribution in [0.3, 0.4) is 0 Å². The van der Waals surface area contributed by atoms with Crippen molar-refractivity contribution in [3.8, 4) is 0 Å². The summed E-state index contributed by atoms with van der Waals surface area (Å²) in [6.07, 6.45) is 1.35. The zero-order valence-corrected chi connectivity index (χ0v) is 11.2. The summed E-state index contributed by atoms with van der Waals surface area (Å²) in [5.74, 6) is 4.83. The molecule has 1 aromatic heterocycles. The van der Waals surface area contributed by atoms with E-state index in [1.807, 2.05) is 0 Å².